The van der Waals surface area contributed by atoms with Gasteiger partial charge in [0.25, 0.3) is 0 Å². The summed E-state index contributed by atoms with van der Waals surface area (Å²) in [5, 5.41) is 3.75. The van der Waals surface area contributed by atoms with E-state index in [1.54, 1.807) is 0 Å². The lowest BCUT2D eigenvalue weighted by molar-refractivity contribution is 0.0194. The summed E-state index contributed by atoms with van der Waals surface area (Å²) in [6.45, 7) is 10.8. The predicted octanol–water partition coefficient (Wildman–Crippen LogP) is 2.03. The Morgan fingerprint density at radius 2 is 1.83 bits per heavy atom. The van der Waals surface area contributed by atoms with Crippen LogP contribution < -0.4 is 5.32 Å². The van der Waals surface area contributed by atoms with Crippen LogP contribution in [0.2, 0.25) is 0 Å². The smallest absolute Gasteiger partial charge is 0.193 e. The van der Waals surface area contributed by atoms with Crippen molar-refractivity contribution in [3.8, 4) is 0 Å². The third-order valence-electron chi connectivity index (χ3n) is 6.99. The van der Waals surface area contributed by atoms with Crippen LogP contribution in [0.25, 0.3) is 0 Å². The number of aryl methyl sites for hydroxylation is 1. The number of aliphatic imine (C=N–C) groups is 1. The summed E-state index contributed by atoms with van der Waals surface area (Å²) in [6.07, 6.45) is 3.31. The molecule has 3 aliphatic heterocycles. The average molecular weight is 401 g/mol. The summed E-state index contributed by atoms with van der Waals surface area (Å²) in [5.74, 6) is 1.04. The quantitative estimate of drug-likeness (QED) is 0.619. The number of hydrogen-bond donors (Lipinski definition) is 1. The van der Waals surface area contributed by atoms with Gasteiger partial charge in [0, 0.05) is 64.4 Å². The van der Waals surface area contributed by atoms with Crippen molar-refractivity contribution in [2.45, 2.75) is 37.6 Å². The van der Waals surface area contributed by atoms with Gasteiger partial charge in [-0.05, 0) is 37.3 Å². The number of rotatable bonds is 4. The lowest BCUT2D eigenvalue weighted by Crippen LogP contribution is -2.50. The molecule has 3 saturated heterocycles. The second-order valence-corrected chi connectivity index (χ2v) is 8.65. The van der Waals surface area contributed by atoms with Crippen LogP contribution >= 0.6 is 0 Å². The zero-order valence-corrected chi connectivity index (χ0v) is 18.0. The number of likely N-dealkylation sites (tertiary alicyclic amines) is 1. The number of nitrogens with zero attached hydrogens (tertiary/aromatic N) is 3. The summed E-state index contributed by atoms with van der Waals surface area (Å²) < 4.78 is 11.2. The molecule has 3 heterocycles. The van der Waals surface area contributed by atoms with Crippen molar-refractivity contribution in [2.75, 3.05) is 66.2 Å². The molecule has 0 saturated carbocycles. The number of morpholine rings is 1. The van der Waals surface area contributed by atoms with E-state index < -0.39 is 0 Å². The van der Waals surface area contributed by atoms with E-state index in [2.05, 4.69) is 51.3 Å². The first-order valence-electron chi connectivity index (χ1n) is 11.1. The molecule has 0 aliphatic carbocycles. The Morgan fingerprint density at radius 1 is 1.10 bits per heavy atom. The monoisotopic (exact) mass is 400 g/mol. The minimum atomic E-state index is 0.114. The molecule has 1 unspecified atom stereocenters. The minimum Gasteiger partial charge on any atom is -0.381 e. The third kappa shape index (κ3) is 4.60. The number of benzene rings is 1. The highest BCUT2D eigenvalue weighted by atomic mass is 16.5. The van der Waals surface area contributed by atoms with Gasteiger partial charge in [0.2, 0.25) is 0 Å². The molecule has 3 aliphatic rings. The van der Waals surface area contributed by atoms with Crippen molar-refractivity contribution in [2.24, 2.45) is 4.99 Å². The zero-order valence-electron chi connectivity index (χ0n) is 18.0. The highest BCUT2D eigenvalue weighted by Crippen LogP contribution is 2.36. The summed E-state index contributed by atoms with van der Waals surface area (Å²) in [5.41, 5.74) is 2.95. The van der Waals surface area contributed by atoms with E-state index >= 15 is 0 Å². The van der Waals surface area contributed by atoms with Gasteiger partial charge in [0.1, 0.15) is 0 Å². The maximum absolute atomic E-state index is 5.72. The van der Waals surface area contributed by atoms with Crippen molar-refractivity contribution < 1.29 is 9.47 Å². The lowest BCUT2D eigenvalue weighted by atomic mass is 9.72. The lowest BCUT2D eigenvalue weighted by Gasteiger charge is -2.40. The molecule has 6 nitrogen and oxygen atoms in total. The van der Waals surface area contributed by atoms with Crippen molar-refractivity contribution in [3.63, 3.8) is 0 Å². The van der Waals surface area contributed by atoms with E-state index in [0.29, 0.717) is 6.04 Å². The number of hydrogen-bond acceptors (Lipinski definition) is 4. The van der Waals surface area contributed by atoms with Gasteiger partial charge in [-0.1, -0.05) is 24.3 Å². The summed E-state index contributed by atoms with van der Waals surface area (Å²) in [6, 6.07) is 9.45. The van der Waals surface area contributed by atoms with Crippen LogP contribution in [0.5, 0.6) is 0 Å². The standard InChI is InChI=1S/C23H36N4O2/c1-19-5-3-4-6-21(19)23(8-13-28-14-9-23)18-25-22(24-2)27-10-7-20(17-27)26-11-15-29-16-12-26/h3-6,20H,7-18H2,1-2H3,(H,24,25). The van der Waals surface area contributed by atoms with Gasteiger partial charge in [0.15, 0.2) is 5.96 Å². The first-order chi connectivity index (χ1) is 14.2. The molecule has 29 heavy (non-hydrogen) atoms. The highest BCUT2D eigenvalue weighted by Gasteiger charge is 2.37. The van der Waals surface area contributed by atoms with E-state index in [9.17, 15) is 0 Å². The molecule has 1 aromatic carbocycles. The van der Waals surface area contributed by atoms with Crippen molar-refractivity contribution in [1.82, 2.24) is 15.1 Å². The number of guanidine groups is 1. The van der Waals surface area contributed by atoms with Gasteiger partial charge in [0.05, 0.1) is 13.2 Å². The van der Waals surface area contributed by atoms with Gasteiger partial charge < -0.3 is 19.7 Å². The Hall–Kier alpha value is -1.63. The number of nitrogens with one attached hydrogen (secondary N) is 1. The van der Waals surface area contributed by atoms with Crippen molar-refractivity contribution in [1.29, 1.82) is 0 Å². The van der Waals surface area contributed by atoms with Crippen LogP contribution in [-0.2, 0) is 14.9 Å². The molecule has 0 bridgehead atoms. The predicted molar refractivity (Wildman–Crippen MR) is 117 cm³/mol. The topological polar surface area (TPSA) is 49.3 Å². The van der Waals surface area contributed by atoms with E-state index in [4.69, 9.17) is 9.47 Å². The van der Waals surface area contributed by atoms with E-state index in [-0.39, 0.29) is 5.41 Å². The third-order valence-corrected chi connectivity index (χ3v) is 6.99. The minimum absolute atomic E-state index is 0.114. The Bertz CT molecular complexity index is 696. The molecule has 4 rings (SSSR count). The van der Waals surface area contributed by atoms with E-state index in [0.717, 1.165) is 78.0 Å². The fourth-order valence-electron chi connectivity index (χ4n) is 5.23. The molecule has 6 heteroatoms. The summed E-state index contributed by atoms with van der Waals surface area (Å²) >= 11 is 0. The summed E-state index contributed by atoms with van der Waals surface area (Å²) in [7, 11) is 1.91. The maximum atomic E-state index is 5.72. The van der Waals surface area contributed by atoms with Crippen molar-refractivity contribution >= 4 is 5.96 Å². The largest absolute Gasteiger partial charge is 0.381 e. The van der Waals surface area contributed by atoms with Crippen LogP contribution in [0.4, 0.5) is 0 Å². The van der Waals surface area contributed by atoms with E-state index in [1.165, 1.54) is 17.5 Å². The SMILES string of the molecule is CN=C(NCC1(c2ccccc2C)CCOCC1)N1CCC(N2CCOCC2)C1. The normalized spacial score (nSPS) is 25.9. The highest BCUT2D eigenvalue weighted by molar-refractivity contribution is 5.80. The molecule has 0 amide bonds. The van der Waals surface area contributed by atoms with Crippen LogP contribution in [0.1, 0.15) is 30.4 Å². The molecule has 0 radical (unpaired) electrons. The Kier molecular flexibility index (Phi) is 6.73. The maximum Gasteiger partial charge on any atom is 0.193 e. The van der Waals surface area contributed by atoms with Crippen LogP contribution in [0.15, 0.2) is 29.3 Å². The van der Waals surface area contributed by atoms with Gasteiger partial charge >= 0.3 is 0 Å². The Morgan fingerprint density at radius 3 is 2.55 bits per heavy atom. The number of ether oxygens (including phenoxy) is 2. The van der Waals surface area contributed by atoms with Crippen LogP contribution in [0, 0.1) is 6.92 Å². The molecule has 160 valence electrons. The van der Waals surface area contributed by atoms with Crippen molar-refractivity contribution in [3.05, 3.63) is 35.4 Å². The van der Waals surface area contributed by atoms with E-state index in [1.807, 2.05) is 7.05 Å². The fourth-order valence-corrected chi connectivity index (χ4v) is 5.23. The van der Waals surface area contributed by atoms with Gasteiger partial charge in [-0.3, -0.25) is 9.89 Å². The molecule has 1 atom stereocenters. The van der Waals surface area contributed by atoms with Gasteiger partial charge in [-0.25, -0.2) is 0 Å². The second kappa shape index (κ2) is 9.45. The molecule has 1 aromatic rings. The van der Waals surface area contributed by atoms with Gasteiger partial charge in [-0.2, -0.15) is 0 Å². The Labute approximate surface area is 175 Å². The van der Waals surface area contributed by atoms with Crippen LogP contribution in [0.3, 0.4) is 0 Å². The average Bonchev–Trinajstić information content (AvgIpc) is 3.26. The second-order valence-electron chi connectivity index (χ2n) is 8.65. The molecule has 0 spiro atoms. The molecule has 3 fully saturated rings. The molecular formula is C23H36N4O2. The van der Waals surface area contributed by atoms with Crippen LogP contribution in [-0.4, -0.2) is 88.0 Å². The molecule has 0 aromatic heterocycles. The molecular weight excluding hydrogens is 364 g/mol. The first-order valence-corrected chi connectivity index (χ1v) is 11.1. The molecule has 1 N–H and O–H groups in total. The zero-order chi connectivity index (χ0) is 20.1. The Balaban J connectivity index is 1.42. The van der Waals surface area contributed by atoms with Gasteiger partial charge in [-0.15, -0.1) is 0 Å². The fraction of sp³-hybridized carbons (Fsp3) is 0.696. The first kappa shape index (κ1) is 20.6. The summed E-state index contributed by atoms with van der Waals surface area (Å²) in [4.78, 5) is 9.66.